The standard InChI is InChI=1S/C11H15ClOS/c1-2-3-4-7-13-11-6-5-9(14)8-10(11)12/h5-6,8,14H,2-4,7H2,1H3. The van der Waals surface area contributed by atoms with Gasteiger partial charge in [0.05, 0.1) is 11.6 Å². The van der Waals surface area contributed by atoms with Gasteiger partial charge in [0.2, 0.25) is 0 Å². The number of thiol groups is 1. The minimum atomic E-state index is 0.633. The van der Waals surface area contributed by atoms with Crippen LogP contribution < -0.4 is 4.74 Å². The molecule has 0 saturated carbocycles. The van der Waals surface area contributed by atoms with E-state index in [1.165, 1.54) is 12.8 Å². The van der Waals surface area contributed by atoms with E-state index >= 15 is 0 Å². The monoisotopic (exact) mass is 230 g/mol. The van der Waals surface area contributed by atoms with E-state index in [9.17, 15) is 0 Å². The van der Waals surface area contributed by atoms with Crippen molar-refractivity contribution in [2.24, 2.45) is 0 Å². The zero-order valence-electron chi connectivity index (χ0n) is 8.29. The van der Waals surface area contributed by atoms with Gasteiger partial charge in [0.15, 0.2) is 0 Å². The number of ether oxygens (including phenoxy) is 1. The summed E-state index contributed by atoms with van der Waals surface area (Å²) < 4.78 is 5.53. The van der Waals surface area contributed by atoms with Crippen LogP contribution in [0.2, 0.25) is 5.02 Å². The molecule has 0 atom stereocenters. The molecule has 0 aliphatic carbocycles. The van der Waals surface area contributed by atoms with Crippen molar-refractivity contribution < 1.29 is 4.74 Å². The third-order valence-corrected chi connectivity index (χ3v) is 2.49. The van der Waals surface area contributed by atoms with E-state index in [0.29, 0.717) is 5.02 Å². The smallest absolute Gasteiger partial charge is 0.137 e. The van der Waals surface area contributed by atoms with Gasteiger partial charge in [-0.15, -0.1) is 12.6 Å². The molecule has 0 spiro atoms. The van der Waals surface area contributed by atoms with Crippen molar-refractivity contribution in [2.75, 3.05) is 6.61 Å². The maximum atomic E-state index is 5.97. The molecule has 1 rings (SSSR count). The minimum Gasteiger partial charge on any atom is -0.492 e. The quantitative estimate of drug-likeness (QED) is 0.589. The lowest BCUT2D eigenvalue weighted by Crippen LogP contribution is -1.97. The Labute approximate surface area is 95.8 Å². The van der Waals surface area contributed by atoms with Gasteiger partial charge >= 0.3 is 0 Å². The van der Waals surface area contributed by atoms with Crippen LogP contribution in [0.3, 0.4) is 0 Å². The Morgan fingerprint density at radius 2 is 2.14 bits per heavy atom. The lowest BCUT2D eigenvalue weighted by atomic mass is 10.3. The van der Waals surface area contributed by atoms with Crippen molar-refractivity contribution in [3.05, 3.63) is 23.2 Å². The van der Waals surface area contributed by atoms with E-state index in [2.05, 4.69) is 19.6 Å². The van der Waals surface area contributed by atoms with E-state index in [0.717, 1.165) is 23.7 Å². The number of halogens is 1. The molecule has 0 amide bonds. The third kappa shape index (κ3) is 3.81. The fourth-order valence-electron chi connectivity index (χ4n) is 1.14. The molecule has 14 heavy (non-hydrogen) atoms. The van der Waals surface area contributed by atoms with Gasteiger partial charge in [-0.05, 0) is 24.6 Å². The highest BCUT2D eigenvalue weighted by Gasteiger charge is 2.00. The number of rotatable bonds is 5. The number of hydrogen-bond acceptors (Lipinski definition) is 2. The molecule has 78 valence electrons. The molecular formula is C11H15ClOS. The van der Waals surface area contributed by atoms with Crippen LogP contribution in [0.5, 0.6) is 5.75 Å². The van der Waals surface area contributed by atoms with Crippen LogP contribution in [-0.4, -0.2) is 6.61 Å². The van der Waals surface area contributed by atoms with Crippen molar-refractivity contribution >= 4 is 24.2 Å². The van der Waals surface area contributed by atoms with Gasteiger partial charge in [0.1, 0.15) is 5.75 Å². The number of benzene rings is 1. The summed E-state index contributed by atoms with van der Waals surface area (Å²) in [7, 11) is 0. The summed E-state index contributed by atoms with van der Waals surface area (Å²) in [5.41, 5.74) is 0. The average Bonchev–Trinajstić information content (AvgIpc) is 2.15. The lowest BCUT2D eigenvalue weighted by Gasteiger charge is -2.07. The van der Waals surface area contributed by atoms with Crippen LogP contribution in [0.25, 0.3) is 0 Å². The van der Waals surface area contributed by atoms with Crippen LogP contribution >= 0.6 is 24.2 Å². The van der Waals surface area contributed by atoms with Crippen molar-refractivity contribution in [3.63, 3.8) is 0 Å². The normalized spacial score (nSPS) is 10.2. The zero-order chi connectivity index (χ0) is 10.4. The van der Waals surface area contributed by atoms with Crippen LogP contribution in [0.1, 0.15) is 26.2 Å². The topological polar surface area (TPSA) is 9.23 Å². The van der Waals surface area contributed by atoms with Crippen LogP contribution in [0.4, 0.5) is 0 Å². The van der Waals surface area contributed by atoms with Gasteiger partial charge < -0.3 is 4.74 Å². The number of unbranched alkanes of at least 4 members (excludes halogenated alkanes) is 2. The van der Waals surface area contributed by atoms with E-state index in [1.807, 2.05) is 12.1 Å². The van der Waals surface area contributed by atoms with Crippen molar-refractivity contribution in [1.82, 2.24) is 0 Å². The second-order valence-electron chi connectivity index (χ2n) is 3.17. The molecule has 0 heterocycles. The maximum absolute atomic E-state index is 5.97. The second kappa shape index (κ2) is 6.20. The highest BCUT2D eigenvalue weighted by Crippen LogP contribution is 2.26. The van der Waals surface area contributed by atoms with Crippen molar-refractivity contribution in [2.45, 2.75) is 31.1 Å². The third-order valence-electron chi connectivity index (χ3n) is 1.92. The van der Waals surface area contributed by atoms with Gasteiger partial charge in [-0.3, -0.25) is 0 Å². The summed E-state index contributed by atoms with van der Waals surface area (Å²) in [6.07, 6.45) is 3.48. The molecule has 3 heteroatoms. The first-order valence-electron chi connectivity index (χ1n) is 4.85. The average molecular weight is 231 g/mol. The van der Waals surface area contributed by atoms with Gasteiger partial charge in [-0.2, -0.15) is 0 Å². The summed E-state index contributed by atoms with van der Waals surface area (Å²) in [6.45, 7) is 2.90. The van der Waals surface area contributed by atoms with Crippen LogP contribution in [0, 0.1) is 0 Å². The molecule has 1 aromatic carbocycles. The Bertz CT molecular complexity index is 289. The Balaban J connectivity index is 2.42. The summed E-state index contributed by atoms with van der Waals surface area (Å²) in [5, 5.41) is 0.633. The number of hydrogen-bond donors (Lipinski definition) is 1. The van der Waals surface area contributed by atoms with Crippen LogP contribution in [-0.2, 0) is 0 Å². The Hall–Kier alpha value is -0.340. The summed E-state index contributed by atoms with van der Waals surface area (Å²) in [4.78, 5) is 0.857. The lowest BCUT2D eigenvalue weighted by molar-refractivity contribution is 0.306. The molecule has 0 aromatic heterocycles. The first kappa shape index (κ1) is 11.7. The molecule has 0 aliphatic heterocycles. The van der Waals surface area contributed by atoms with Crippen LogP contribution in [0.15, 0.2) is 23.1 Å². The molecule has 0 unspecified atom stereocenters. The Morgan fingerprint density at radius 3 is 2.79 bits per heavy atom. The molecule has 0 aliphatic rings. The SMILES string of the molecule is CCCCCOc1ccc(S)cc1Cl. The van der Waals surface area contributed by atoms with E-state index in [-0.39, 0.29) is 0 Å². The first-order valence-corrected chi connectivity index (χ1v) is 5.68. The fraction of sp³-hybridized carbons (Fsp3) is 0.455. The molecule has 0 fully saturated rings. The van der Waals surface area contributed by atoms with E-state index in [4.69, 9.17) is 16.3 Å². The Morgan fingerprint density at radius 1 is 1.36 bits per heavy atom. The molecule has 1 nitrogen and oxygen atoms in total. The highest BCUT2D eigenvalue weighted by atomic mass is 35.5. The summed E-state index contributed by atoms with van der Waals surface area (Å²) in [6, 6.07) is 5.53. The predicted octanol–water partition coefficient (Wildman–Crippen LogP) is 4.20. The van der Waals surface area contributed by atoms with Gasteiger partial charge in [0.25, 0.3) is 0 Å². The van der Waals surface area contributed by atoms with Gasteiger partial charge in [-0.1, -0.05) is 31.4 Å². The van der Waals surface area contributed by atoms with E-state index in [1.54, 1.807) is 6.07 Å². The summed E-state index contributed by atoms with van der Waals surface area (Å²) >= 11 is 10.2. The summed E-state index contributed by atoms with van der Waals surface area (Å²) in [5.74, 6) is 0.751. The minimum absolute atomic E-state index is 0.633. The molecule has 0 radical (unpaired) electrons. The van der Waals surface area contributed by atoms with Gasteiger partial charge in [0, 0.05) is 4.90 Å². The first-order chi connectivity index (χ1) is 6.74. The molecule has 0 saturated heterocycles. The van der Waals surface area contributed by atoms with E-state index < -0.39 is 0 Å². The molecular weight excluding hydrogens is 216 g/mol. The second-order valence-corrected chi connectivity index (χ2v) is 4.09. The fourth-order valence-corrected chi connectivity index (χ4v) is 1.66. The largest absolute Gasteiger partial charge is 0.492 e. The zero-order valence-corrected chi connectivity index (χ0v) is 9.94. The highest BCUT2D eigenvalue weighted by molar-refractivity contribution is 7.80. The molecule has 0 bridgehead atoms. The maximum Gasteiger partial charge on any atom is 0.137 e. The molecule has 1 aromatic rings. The van der Waals surface area contributed by atoms with Crippen molar-refractivity contribution in [3.8, 4) is 5.75 Å². The van der Waals surface area contributed by atoms with Gasteiger partial charge in [-0.25, -0.2) is 0 Å². The predicted molar refractivity (Wildman–Crippen MR) is 63.7 cm³/mol. The van der Waals surface area contributed by atoms with Crippen molar-refractivity contribution in [1.29, 1.82) is 0 Å². The molecule has 0 N–H and O–H groups in total. The Kier molecular flexibility index (Phi) is 5.20.